The number of likely N-dealkylation sites (N-methyl/N-ethyl adjacent to an activating group) is 1. The fourth-order valence-electron chi connectivity index (χ4n) is 3.75. The summed E-state index contributed by atoms with van der Waals surface area (Å²) in [6.45, 7) is 12.7. The Morgan fingerprint density at radius 3 is 2.13 bits per heavy atom. The van der Waals surface area contributed by atoms with Gasteiger partial charge >= 0.3 is 0 Å². The first-order valence-corrected chi connectivity index (χ1v) is 12.5. The number of amides is 2. The Labute approximate surface area is 187 Å². The molecule has 174 valence electrons. The number of carbonyl (C=O) groups is 2. The molecular formula is C23H37N3O4S. The highest BCUT2D eigenvalue weighted by Gasteiger charge is 2.34. The van der Waals surface area contributed by atoms with Gasteiger partial charge in [0.1, 0.15) is 0 Å². The average Bonchev–Trinajstić information content (AvgIpc) is 2.70. The van der Waals surface area contributed by atoms with Gasteiger partial charge in [0, 0.05) is 31.1 Å². The monoisotopic (exact) mass is 451 g/mol. The van der Waals surface area contributed by atoms with Crippen LogP contribution in [-0.2, 0) is 19.6 Å². The molecule has 8 heteroatoms. The summed E-state index contributed by atoms with van der Waals surface area (Å²) >= 11 is 0. The van der Waals surface area contributed by atoms with Gasteiger partial charge in [-0.2, -0.15) is 4.31 Å². The molecule has 0 unspecified atom stereocenters. The predicted molar refractivity (Wildman–Crippen MR) is 122 cm³/mol. The highest BCUT2D eigenvalue weighted by molar-refractivity contribution is 7.89. The molecule has 0 spiro atoms. The van der Waals surface area contributed by atoms with Crippen molar-refractivity contribution in [3.8, 4) is 0 Å². The molecule has 0 radical (unpaired) electrons. The Balaban J connectivity index is 1.98. The maximum absolute atomic E-state index is 13.0. The van der Waals surface area contributed by atoms with E-state index in [1.54, 1.807) is 17.0 Å². The number of nitrogens with one attached hydrogen (secondary N) is 1. The molecule has 7 nitrogen and oxygen atoms in total. The predicted octanol–water partition coefficient (Wildman–Crippen LogP) is 2.97. The summed E-state index contributed by atoms with van der Waals surface area (Å²) in [5.41, 5.74) is 0.741. The molecule has 0 aliphatic carbocycles. The Morgan fingerprint density at radius 1 is 1.13 bits per heavy atom. The van der Waals surface area contributed by atoms with Crippen LogP contribution >= 0.6 is 0 Å². The van der Waals surface area contributed by atoms with Gasteiger partial charge in [-0.25, -0.2) is 8.42 Å². The minimum atomic E-state index is -3.57. The van der Waals surface area contributed by atoms with Crippen LogP contribution in [0.3, 0.4) is 0 Å². The van der Waals surface area contributed by atoms with Crippen LogP contribution in [0.2, 0.25) is 0 Å². The van der Waals surface area contributed by atoms with E-state index in [1.165, 1.54) is 4.31 Å². The molecule has 0 aromatic heterocycles. The molecule has 1 fully saturated rings. The van der Waals surface area contributed by atoms with E-state index >= 15 is 0 Å². The summed E-state index contributed by atoms with van der Waals surface area (Å²) in [5, 5.41) is 2.88. The number of nitrogens with zero attached hydrogens (tertiary/aromatic N) is 2. The van der Waals surface area contributed by atoms with Gasteiger partial charge in [-0.15, -0.1) is 0 Å². The molecule has 1 aromatic rings. The third kappa shape index (κ3) is 6.77. The normalized spacial score (nSPS) is 16.4. The van der Waals surface area contributed by atoms with Crippen molar-refractivity contribution in [3.63, 3.8) is 0 Å². The second kappa shape index (κ2) is 10.1. The zero-order chi connectivity index (χ0) is 23.4. The maximum atomic E-state index is 13.0. The summed E-state index contributed by atoms with van der Waals surface area (Å²) in [7, 11) is -3.57. The molecule has 1 aromatic carbocycles. The van der Waals surface area contributed by atoms with E-state index in [0.29, 0.717) is 38.4 Å². The second-order valence-electron chi connectivity index (χ2n) is 9.55. The highest BCUT2D eigenvalue weighted by atomic mass is 32.2. The van der Waals surface area contributed by atoms with E-state index in [1.807, 2.05) is 39.8 Å². The first-order chi connectivity index (χ1) is 14.3. The lowest BCUT2D eigenvalue weighted by Crippen LogP contribution is -2.49. The Hall–Kier alpha value is -1.93. The topological polar surface area (TPSA) is 86.8 Å². The van der Waals surface area contributed by atoms with Crippen molar-refractivity contribution in [2.24, 2.45) is 5.92 Å². The smallest absolute Gasteiger partial charge is 0.243 e. The Morgan fingerprint density at radius 2 is 1.68 bits per heavy atom. The van der Waals surface area contributed by atoms with Gasteiger partial charge in [-0.3, -0.25) is 9.59 Å². The van der Waals surface area contributed by atoms with Crippen LogP contribution in [0.15, 0.2) is 29.2 Å². The van der Waals surface area contributed by atoms with Gasteiger partial charge in [0.15, 0.2) is 0 Å². The van der Waals surface area contributed by atoms with Gasteiger partial charge in [0.05, 0.1) is 11.4 Å². The van der Waals surface area contributed by atoms with E-state index in [0.717, 1.165) is 5.56 Å². The van der Waals surface area contributed by atoms with Crippen LogP contribution in [-0.4, -0.2) is 61.2 Å². The summed E-state index contributed by atoms with van der Waals surface area (Å²) in [6.07, 6.45) is 0.916. The van der Waals surface area contributed by atoms with Crippen molar-refractivity contribution in [2.75, 3.05) is 26.2 Å². The number of hydrogen-bond donors (Lipinski definition) is 1. The van der Waals surface area contributed by atoms with Crippen molar-refractivity contribution in [2.45, 2.75) is 70.7 Å². The van der Waals surface area contributed by atoms with E-state index < -0.39 is 10.0 Å². The molecule has 0 bridgehead atoms. The second-order valence-corrected chi connectivity index (χ2v) is 11.5. The summed E-state index contributed by atoms with van der Waals surface area (Å²) in [5.74, 6) is -0.194. The number of rotatable bonds is 7. The molecule has 1 N–H and O–H groups in total. The van der Waals surface area contributed by atoms with E-state index in [2.05, 4.69) is 19.2 Å². The largest absolute Gasteiger partial charge is 0.350 e. The van der Waals surface area contributed by atoms with Gasteiger partial charge in [0.2, 0.25) is 21.8 Å². The number of sulfonamides is 1. The summed E-state index contributed by atoms with van der Waals surface area (Å²) in [6, 6.07) is 7.04. The van der Waals surface area contributed by atoms with Gasteiger partial charge < -0.3 is 10.2 Å². The molecular weight excluding hydrogens is 414 g/mol. The lowest BCUT2D eigenvalue weighted by atomic mass is 9.96. The van der Waals surface area contributed by atoms with Crippen LogP contribution in [0.4, 0.5) is 0 Å². The molecule has 31 heavy (non-hydrogen) atoms. The van der Waals surface area contributed by atoms with Crippen LogP contribution in [0.5, 0.6) is 0 Å². The van der Waals surface area contributed by atoms with E-state index in [4.69, 9.17) is 0 Å². The number of carbonyl (C=O) groups excluding carboxylic acids is 2. The van der Waals surface area contributed by atoms with Crippen molar-refractivity contribution in [3.05, 3.63) is 29.8 Å². The molecule has 2 amide bonds. The molecule has 2 rings (SSSR count). The SMILES string of the molecule is CCN(CC(=O)NC(C)(C)C)C(=O)C1CCN(S(=O)(=O)c2ccc(C(C)C)cc2)CC1. The standard InChI is InChI=1S/C23H37N3O4S/c1-7-25(16-21(27)24-23(4,5)6)22(28)19-12-14-26(15-13-19)31(29,30)20-10-8-18(9-11-20)17(2)3/h8-11,17,19H,7,12-16H2,1-6H3,(H,24,27). The van der Waals surface area contributed by atoms with Crippen LogP contribution in [0, 0.1) is 5.92 Å². The first kappa shape index (κ1) is 25.3. The fourth-order valence-corrected chi connectivity index (χ4v) is 5.22. The van der Waals surface area contributed by atoms with Crippen LogP contribution in [0.1, 0.15) is 65.9 Å². The number of piperidine rings is 1. The minimum Gasteiger partial charge on any atom is -0.350 e. The zero-order valence-corrected chi connectivity index (χ0v) is 20.5. The number of hydrogen-bond acceptors (Lipinski definition) is 4. The first-order valence-electron chi connectivity index (χ1n) is 11.0. The Kier molecular flexibility index (Phi) is 8.27. The lowest BCUT2D eigenvalue weighted by molar-refractivity contribution is -0.140. The fraction of sp³-hybridized carbons (Fsp3) is 0.652. The molecule has 0 saturated carbocycles. The van der Waals surface area contributed by atoms with Crippen molar-refractivity contribution in [1.82, 2.24) is 14.5 Å². The molecule has 1 saturated heterocycles. The van der Waals surface area contributed by atoms with E-state index in [9.17, 15) is 18.0 Å². The van der Waals surface area contributed by atoms with Crippen molar-refractivity contribution < 1.29 is 18.0 Å². The lowest BCUT2D eigenvalue weighted by Gasteiger charge is -2.33. The van der Waals surface area contributed by atoms with Crippen molar-refractivity contribution in [1.29, 1.82) is 0 Å². The zero-order valence-electron chi connectivity index (χ0n) is 19.6. The third-order valence-corrected chi connectivity index (χ3v) is 7.44. The van der Waals surface area contributed by atoms with Gasteiger partial charge in [-0.05, 0) is 64.2 Å². The van der Waals surface area contributed by atoms with Gasteiger partial charge in [-0.1, -0.05) is 26.0 Å². The minimum absolute atomic E-state index is 0.0211. The van der Waals surface area contributed by atoms with E-state index in [-0.39, 0.29) is 34.7 Å². The number of benzene rings is 1. The molecule has 1 aliphatic heterocycles. The summed E-state index contributed by atoms with van der Waals surface area (Å²) < 4.78 is 27.4. The van der Waals surface area contributed by atoms with Crippen LogP contribution < -0.4 is 5.32 Å². The Bertz CT molecular complexity index is 865. The van der Waals surface area contributed by atoms with Crippen molar-refractivity contribution >= 4 is 21.8 Å². The molecule has 1 heterocycles. The van der Waals surface area contributed by atoms with Gasteiger partial charge in [0.25, 0.3) is 0 Å². The maximum Gasteiger partial charge on any atom is 0.243 e. The summed E-state index contributed by atoms with van der Waals surface area (Å²) in [4.78, 5) is 27.0. The quantitative estimate of drug-likeness (QED) is 0.690. The van der Waals surface area contributed by atoms with Crippen LogP contribution in [0.25, 0.3) is 0 Å². The average molecular weight is 452 g/mol. The molecule has 0 atom stereocenters. The third-order valence-electron chi connectivity index (χ3n) is 5.53. The molecule has 1 aliphatic rings. The highest BCUT2D eigenvalue weighted by Crippen LogP contribution is 2.26.